The van der Waals surface area contributed by atoms with Gasteiger partial charge in [0.15, 0.2) is 0 Å². The summed E-state index contributed by atoms with van der Waals surface area (Å²) in [6, 6.07) is 0. The van der Waals surface area contributed by atoms with E-state index in [1.54, 1.807) is 13.3 Å². The molecule has 0 saturated carbocycles. The molecule has 18 heavy (non-hydrogen) atoms. The third kappa shape index (κ3) is 8.76. The van der Waals surface area contributed by atoms with Gasteiger partial charge in [-0.2, -0.15) is 0 Å². The van der Waals surface area contributed by atoms with Crippen molar-refractivity contribution in [3.8, 4) is 0 Å². The molecule has 0 saturated heterocycles. The molecule has 0 spiro atoms. The van der Waals surface area contributed by atoms with Crippen molar-refractivity contribution in [1.29, 1.82) is 0 Å². The van der Waals surface area contributed by atoms with Crippen LogP contribution in [0.1, 0.15) is 59.3 Å². The van der Waals surface area contributed by atoms with E-state index in [9.17, 15) is 0 Å². The number of nitrogens with one attached hydrogen (secondary N) is 1. The van der Waals surface area contributed by atoms with Gasteiger partial charge in [0.25, 0.3) is 0 Å². The third-order valence-electron chi connectivity index (χ3n) is 4.00. The summed E-state index contributed by atoms with van der Waals surface area (Å²) in [4.78, 5) is 0. The Kier molecular flexibility index (Phi) is 13.2. The minimum absolute atomic E-state index is 0.789. The quantitative estimate of drug-likeness (QED) is 0.385. The fourth-order valence-electron chi connectivity index (χ4n) is 2.75. The average molecular weight is 363 g/mol. The summed E-state index contributed by atoms with van der Waals surface area (Å²) in [6.07, 6.45) is 8.50. The molecule has 0 atom stereocenters. The van der Waals surface area contributed by atoms with Gasteiger partial charge < -0.3 is 0 Å². The van der Waals surface area contributed by atoms with E-state index in [1.165, 1.54) is 43.1 Å². The Morgan fingerprint density at radius 1 is 0.833 bits per heavy atom. The molecule has 0 aliphatic carbocycles. The second-order valence-corrected chi connectivity index (χ2v) is 19.6. The van der Waals surface area contributed by atoms with Crippen molar-refractivity contribution in [3.63, 3.8) is 0 Å². The molecule has 2 nitrogen and oxygen atoms in total. The normalized spacial score (nSPS) is 12.0. The van der Waals surface area contributed by atoms with Crippen LogP contribution in [0.5, 0.6) is 0 Å². The van der Waals surface area contributed by atoms with E-state index in [-0.39, 0.29) is 0 Å². The van der Waals surface area contributed by atoms with Crippen molar-refractivity contribution in [2.45, 2.75) is 72.6 Å². The number of nitrogens with two attached hydrogens (primary N) is 1. The van der Waals surface area contributed by atoms with Gasteiger partial charge in [-0.3, -0.25) is 0 Å². The van der Waals surface area contributed by atoms with Gasteiger partial charge in [-0.05, 0) is 0 Å². The molecule has 3 heteroatoms. The maximum atomic E-state index is 5.62. The van der Waals surface area contributed by atoms with Crippen molar-refractivity contribution in [1.82, 2.24) is 5.32 Å². The summed E-state index contributed by atoms with van der Waals surface area (Å²) in [5.41, 5.74) is 5.62. The minimum atomic E-state index is -1.88. The molecule has 0 aromatic rings. The van der Waals surface area contributed by atoms with Crippen molar-refractivity contribution in [2.24, 2.45) is 5.73 Å². The molecule has 110 valence electrons. The molecule has 0 bridgehead atoms. The van der Waals surface area contributed by atoms with E-state index in [4.69, 9.17) is 5.73 Å². The Bertz CT molecular complexity index is 152. The van der Waals surface area contributed by atoms with Gasteiger partial charge in [-0.1, -0.05) is 0 Å². The molecule has 0 aliphatic rings. The summed E-state index contributed by atoms with van der Waals surface area (Å²) in [6.45, 7) is 8.82. The van der Waals surface area contributed by atoms with Crippen LogP contribution in [0.15, 0.2) is 0 Å². The Hall–Kier alpha value is 0.719. The van der Waals surface area contributed by atoms with Crippen molar-refractivity contribution >= 4 is 18.4 Å². The summed E-state index contributed by atoms with van der Waals surface area (Å²) in [5, 5.41) is 3.67. The van der Waals surface area contributed by atoms with Crippen LogP contribution >= 0.6 is 0 Å². The second kappa shape index (κ2) is 12.7. The van der Waals surface area contributed by atoms with Crippen LogP contribution in [0.4, 0.5) is 0 Å². The Morgan fingerprint density at radius 2 is 1.28 bits per heavy atom. The first kappa shape index (κ1) is 18.7. The first-order chi connectivity index (χ1) is 8.74. The topological polar surface area (TPSA) is 38.0 Å². The molecule has 0 unspecified atom stereocenters. The van der Waals surface area contributed by atoms with Gasteiger partial charge in [0.1, 0.15) is 0 Å². The van der Waals surface area contributed by atoms with E-state index in [0.717, 1.165) is 13.1 Å². The first-order valence-electron chi connectivity index (χ1n) is 8.15. The predicted molar refractivity (Wildman–Crippen MR) is 86.8 cm³/mol. The number of hydrogen-bond acceptors (Lipinski definition) is 2. The average Bonchev–Trinajstić information content (AvgIpc) is 2.40. The number of hydrogen-bond donors (Lipinski definition) is 2. The third-order valence-corrected chi connectivity index (χ3v) is 19.0. The Morgan fingerprint density at radius 3 is 1.61 bits per heavy atom. The van der Waals surface area contributed by atoms with Crippen LogP contribution in [0.3, 0.4) is 0 Å². The van der Waals surface area contributed by atoms with Crippen LogP contribution in [0, 0.1) is 0 Å². The zero-order valence-electron chi connectivity index (χ0n) is 13.1. The molecule has 0 aliphatic heterocycles. The van der Waals surface area contributed by atoms with Crippen LogP contribution < -0.4 is 11.1 Å². The van der Waals surface area contributed by atoms with Gasteiger partial charge >= 0.3 is 120 Å². The monoisotopic (exact) mass is 364 g/mol. The molecule has 0 heterocycles. The van der Waals surface area contributed by atoms with Gasteiger partial charge in [0.2, 0.25) is 0 Å². The van der Waals surface area contributed by atoms with Crippen LogP contribution in [0.25, 0.3) is 0 Å². The van der Waals surface area contributed by atoms with E-state index < -0.39 is 18.4 Å². The summed E-state index contributed by atoms with van der Waals surface area (Å²) >= 11 is -1.88. The van der Waals surface area contributed by atoms with Gasteiger partial charge in [0, 0.05) is 0 Å². The molecule has 0 amide bonds. The predicted octanol–water partition coefficient (Wildman–Crippen LogP) is 3.92. The molecular weight excluding hydrogens is 327 g/mol. The molecule has 0 fully saturated rings. The SMILES string of the molecule is CCC[CH2][Sn]([CH2]CCC)([CH2]CCC)[CH2]NCCN. The summed E-state index contributed by atoms with van der Waals surface area (Å²) < 4.78 is 6.18. The van der Waals surface area contributed by atoms with Crippen LogP contribution in [0.2, 0.25) is 13.3 Å². The van der Waals surface area contributed by atoms with Crippen molar-refractivity contribution in [2.75, 3.05) is 17.7 Å². The van der Waals surface area contributed by atoms with E-state index in [1.807, 2.05) is 0 Å². The van der Waals surface area contributed by atoms with Crippen LogP contribution in [-0.4, -0.2) is 36.0 Å². The Labute approximate surface area is 119 Å². The summed E-state index contributed by atoms with van der Waals surface area (Å²) in [7, 11) is 0. The van der Waals surface area contributed by atoms with Crippen molar-refractivity contribution in [3.05, 3.63) is 0 Å². The number of rotatable bonds is 13. The molecule has 0 radical (unpaired) electrons. The molecular formula is C15H36N2Sn. The Balaban J connectivity index is 4.41. The fourth-order valence-corrected chi connectivity index (χ4v) is 17.9. The van der Waals surface area contributed by atoms with Gasteiger partial charge in [-0.25, -0.2) is 0 Å². The standard InChI is InChI=1S/3C4H9.C3H9N2.Sn/c3*1-3-4-2;1-5-3-2-4;/h3*1,3-4H2,2H3;5H,1-4H2;. The zero-order valence-corrected chi connectivity index (χ0v) is 15.9. The van der Waals surface area contributed by atoms with E-state index >= 15 is 0 Å². The number of unbranched alkanes of at least 4 members (excludes halogenated alkanes) is 3. The van der Waals surface area contributed by atoms with E-state index in [2.05, 4.69) is 26.1 Å². The van der Waals surface area contributed by atoms with Crippen LogP contribution in [-0.2, 0) is 0 Å². The molecule has 0 aromatic carbocycles. The second-order valence-electron chi connectivity index (χ2n) is 5.78. The fraction of sp³-hybridized carbons (Fsp3) is 1.00. The molecule has 3 N–H and O–H groups in total. The summed E-state index contributed by atoms with van der Waals surface area (Å²) in [5.74, 6) is 0. The van der Waals surface area contributed by atoms with E-state index in [0.29, 0.717) is 0 Å². The van der Waals surface area contributed by atoms with Gasteiger partial charge in [-0.15, -0.1) is 0 Å². The molecule has 0 rings (SSSR count). The van der Waals surface area contributed by atoms with Gasteiger partial charge in [0.05, 0.1) is 0 Å². The first-order valence-corrected chi connectivity index (χ1v) is 16.2. The van der Waals surface area contributed by atoms with Crippen molar-refractivity contribution < 1.29 is 0 Å². The molecule has 0 aromatic heterocycles. The zero-order chi connectivity index (χ0) is 13.7. The maximum absolute atomic E-state index is 5.62.